The van der Waals surface area contributed by atoms with Gasteiger partial charge in [-0.1, -0.05) is 19.9 Å². The summed E-state index contributed by atoms with van der Waals surface area (Å²) < 4.78 is 0. The molecular weight excluding hydrogens is 126 g/mol. The molecule has 0 aliphatic heterocycles. The van der Waals surface area contributed by atoms with Gasteiger partial charge in [0.15, 0.2) is 0 Å². The van der Waals surface area contributed by atoms with Crippen LogP contribution in [-0.4, -0.2) is 17.3 Å². The first-order valence-electron chi connectivity index (χ1n) is 3.64. The summed E-state index contributed by atoms with van der Waals surface area (Å²) in [6.07, 6.45) is 1.77. The Morgan fingerprint density at radius 1 is 1.60 bits per heavy atom. The van der Waals surface area contributed by atoms with Crippen molar-refractivity contribution in [2.45, 2.75) is 32.4 Å². The van der Waals surface area contributed by atoms with E-state index in [9.17, 15) is 0 Å². The zero-order valence-corrected chi connectivity index (χ0v) is 6.75. The highest BCUT2D eigenvalue weighted by atomic mass is 16.3. The smallest absolute Gasteiger partial charge is 0.0869 e. The van der Waals surface area contributed by atoms with Crippen molar-refractivity contribution >= 4 is 0 Å². The number of aliphatic hydroxyl groups excluding tert-OH is 1. The van der Waals surface area contributed by atoms with Gasteiger partial charge in [0.2, 0.25) is 0 Å². The summed E-state index contributed by atoms with van der Waals surface area (Å²) in [6, 6.07) is -0.155. The molecule has 0 spiro atoms. The van der Waals surface area contributed by atoms with Crippen molar-refractivity contribution in [1.82, 2.24) is 0 Å². The van der Waals surface area contributed by atoms with Crippen LogP contribution in [0.4, 0.5) is 0 Å². The van der Waals surface area contributed by atoms with Gasteiger partial charge in [-0.2, -0.15) is 0 Å². The highest BCUT2D eigenvalue weighted by Gasteiger charge is 2.11. The molecule has 0 fully saturated rings. The van der Waals surface area contributed by atoms with Gasteiger partial charge in [-0.25, -0.2) is 0 Å². The second kappa shape index (κ2) is 4.47. The van der Waals surface area contributed by atoms with Crippen molar-refractivity contribution in [3.63, 3.8) is 0 Å². The van der Waals surface area contributed by atoms with E-state index in [-0.39, 0.29) is 6.04 Å². The molecule has 0 aliphatic carbocycles. The zero-order valence-electron chi connectivity index (χ0n) is 6.75. The molecule has 60 valence electrons. The molecule has 0 aliphatic rings. The lowest BCUT2D eigenvalue weighted by Crippen LogP contribution is -2.34. The van der Waals surface area contributed by atoms with Crippen LogP contribution in [0.3, 0.4) is 0 Å². The summed E-state index contributed by atoms with van der Waals surface area (Å²) >= 11 is 0. The molecule has 0 amide bonds. The number of nitrogens with two attached hydrogens (primary N) is 1. The van der Waals surface area contributed by atoms with Crippen LogP contribution in [0.2, 0.25) is 0 Å². The minimum Gasteiger partial charge on any atom is -0.387 e. The first kappa shape index (κ1) is 9.66. The number of aliphatic hydroxyl groups is 1. The maximum absolute atomic E-state index is 9.13. The first-order valence-corrected chi connectivity index (χ1v) is 3.64. The van der Waals surface area contributed by atoms with Crippen LogP contribution >= 0.6 is 0 Å². The monoisotopic (exact) mass is 143 g/mol. The fraction of sp³-hybridized carbons (Fsp3) is 0.750. The summed E-state index contributed by atoms with van der Waals surface area (Å²) in [7, 11) is 0. The summed E-state index contributed by atoms with van der Waals surface area (Å²) in [4.78, 5) is 0. The van der Waals surface area contributed by atoms with Gasteiger partial charge in [-0.15, -0.1) is 6.58 Å². The van der Waals surface area contributed by atoms with Crippen molar-refractivity contribution in [1.29, 1.82) is 0 Å². The van der Waals surface area contributed by atoms with Crippen LogP contribution in [0.5, 0.6) is 0 Å². The third-order valence-corrected chi connectivity index (χ3v) is 1.42. The average Bonchev–Trinajstić information content (AvgIpc) is 1.85. The van der Waals surface area contributed by atoms with Crippen LogP contribution in [0.1, 0.15) is 20.3 Å². The summed E-state index contributed by atoms with van der Waals surface area (Å²) in [5.74, 6) is 0.532. The molecule has 0 rings (SSSR count). The van der Waals surface area contributed by atoms with E-state index in [0.717, 1.165) is 6.42 Å². The molecule has 0 radical (unpaired) electrons. The Bertz CT molecular complexity index is 101. The van der Waals surface area contributed by atoms with Crippen molar-refractivity contribution < 1.29 is 5.11 Å². The number of rotatable bonds is 4. The van der Waals surface area contributed by atoms with E-state index in [4.69, 9.17) is 10.8 Å². The fourth-order valence-electron chi connectivity index (χ4n) is 0.859. The van der Waals surface area contributed by atoms with Gasteiger partial charge in [-0.05, 0) is 12.3 Å². The lowest BCUT2D eigenvalue weighted by atomic mass is 10.0. The molecule has 10 heavy (non-hydrogen) atoms. The largest absolute Gasteiger partial charge is 0.387 e. The molecular formula is C8H17NO. The Hall–Kier alpha value is -0.340. The van der Waals surface area contributed by atoms with E-state index in [0.29, 0.717) is 5.92 Å². The van der Waals surface area contributed by atoms with Gasteiger partial charge >= 0.3 is 0 Å². The third kappa shape index (κ3) is 3.64. The Labute approximate surface area is 62.7 Å². The third-order valence-electron chi connectivity index (χ3n) is 1.42. The van der Waals surface area contributed by atoms with Crippen LogP contribution in [0.25, 0.3) is 0 Å². The Kier molecular flexibility index (Phi) is 4.32. The van der Waals surface area contributed by atoms with Crippen molar-refractivity contribution in [3.8, 4) is 0 Å². The molecule has 0 aromatic carbocycles. The SMILES string of the molecule is C=CC(O)C(N)CC(C)C. The summed E-state index contributed by atoms with van der Waals surface area (Å²) in [6.45, 7) is 7.62. The molecule has 0 bridgehead atoms. The van der Waals surface area contributed by atoms with E-state index < -0.39 is 6.10 Å². The summed E-state index contributed by atoms with van der Waals surface area (Å²) in [5.41, 5.74) is 5.61. The van der Waals surface area contributed by atoms with E-state index in [2.05, 4.69) is 20.4 Å². The van der Waals surface area contributed by atoms with Gasteiger partial charge in [0.05, 0.1) is 6.10 Å². The average molecular weight is 143 g/mol. The molecule has 3 N–H and O–H groups in total. The predicted molar refractivity (Wildman–Crippen MR) is 43.6 cm³/mol. The normalized spacial score (nSPS) is 16.9. The Balaban J connectivity index is 3.60. The van der Waals surface area contributed by atoms with Crippen LogP contribution < -0.4 is 5.73 Å². The van der Waals surface area contributed by atoms with Gasteiger partial charge in [0.1, 0.15) is 0 Å². The van der Waals surface area contributed by atoms with Gasteiger partial charge in [0.25, 0.3) is 0 Å². The lowest BCUT2D eigenvalue weighted by molar-refractivity contribution is 0.179. The molecule has 0 aromatic heterocycles. The van der Waals surface area contributed by atoms with E-state index in [1.807, 2.05) is 0 Å². The van der Waals surface area contributed by atoms with Crippen molar-refractivity contribution in [2.24, 2.45) is 11.7 Å². The highest BCUT2D eigenvalue weighted by molar-refractivity contribution is 4.86. The minimum absolute atomic E-state index is 0.155. The topological polar surface area (TPSA) is 46.2 Å². The lowest BCUT2D eigenvalue weighted by Gasteiger charge is -2.16. The Morgan fingerprint density at radius 3 is 2.40 bits per heavy atom. The number of hydrogen-bond acceptors (Lipinski definition) is 2. The molecule has 2 nitrogen and oxygen atoms in total. The van der Waals surface area contributed by atoms with Crippen LogP contribution in [-0.2, 0) is 0 Å². The quantitative estimate of drug-likeness (QED) is 0.574. The van der Waals surface area contributed by atoms with E-state index >= 15 is 0 Å². The minimum atomic E-state index is -0.553. The molecule has 0 heterocycles. The second-order valence-corrected chi connectivity index (χ2v) is 3.02. The second-order valence-electron chi connectivity index (χ2n) is 3.02. The van der Waals surface area contributed by atoms with Gasteiger partial charge in [0, 0.05) is 6.04 Å². The van der Waals surface area contributed by atoms with Crippen LogP contribution in [0.15, 0.2) is 12.7 Å². The molecule has 2 atom stereocenters. The zero-order chi connectivity index (χ0) is 8.15. The summed E-state index contributed by atoms with van der Waals surface area (Å²) in [5, 5.41) is 9.13. The molecule has 0 saturated carbocycles. The van der Waals surface area contributed by atoms with Crippen molar-refractivity contribution in [2.75, 3.05) is 0 Å². The van der Waals surface area contributed by atoms with Gasteiger partial charge in [-0.3, -0.25) is 0 Å². The maximum atomic E-state index is 9.13. The Morgan fingerprint density at radius 2 is 2.10 bits per heavy atom. The van der Waals surface area contributed by atoms with Gasteiger partial charge < -0.3 is 10.8 Å². The first-order chi connectivity index (χ1) is 4.57. The molecule has 0 saturated heterocycles. The standard InChI is InChI=1S/C8H17NO/c1-4-8(10)7(9)5-6(2)3/h4,6-8,10H,1,5,9H2,2-3H3. The van der Waals surface area contributed by atoms with Crippen molar-refractivity contribution in [3.05, 3.63) is 12.7 Å². The maximum Gasteiger partial charge on any atom is 0.0869 e. The van der Waals surface area contributed by atoms with E-state index in [1.54, 1.807) is 0 Å². The van der Waals surface area contributed by atoms with E-state index in [1.165, 1.54) is 6.08 Å². The molecule has 2 heteroatoms. The predicted octanol–water partition coefficient (Wildman–Crippen LogP) is 0.907. The van der Waals surface area contributed by atoms with Crippen LogP contribution in [0, 0.1) is 5.92 Å². The molecule has 2 unspecified atom stereocenters. The number of hydrogen-bond donors (Lipinski definition) is 2. The highest BCUT2D eigenvalue weighted by Crippen LogP contribution is 2.05. The fourth-order valence-corrected chi connectivity index (χ4v) is 0.859. The molecule has 0 aromatic rings.